The Labute approximate surface area is 106 Å². The zero-order chi connectivity index (χ0) is 14.3. The Bertz CT molecular complexity index is 471. The molecular formula is C12H9F3O4. The summed E-state index contributed by atoms with van der Waals surface area (Å²) in [4.78, 5) is 22.0. The van der Waals surface area contributed by atoms with Crippen molar-refractivity contribution >= 4 is 11.9 Å². The first-order chi connectivity index (χ1) is 8.93. The molecule has 0 saturated heterocycles. The van der Waals surface area contributed by atoms with Crippen LogP contribution in [-0.4, -0.2) is 24.7 Å². The third-order valence-electron chi connectivity index (χ3n) is 1.72. The highest BCUT2D eigenvalue weighted by atomic mass is 19.3. The highest BCUT2D eigenvalue weighted by Crippen LogP contribution is 2.16. The van der Waals surface area contributed by atoms with E-state index in [1.165, 1.54) is 12.1 Å². The lowest BCUT2D eigenvalue weighted by Crippen LogP contribution is -2.26. The van der Waals surface area contributed by atoms with Crippen molar-refractivity contribution in [2.24, 2.45) is 0 Å². The molecule has 0 heterocycles. The predicted molar refractivity (Wildman–Crippen MR) is 58.2 cm³/mol. The number of para-hydroxylation sites is 1. The van der Waals surface area contributed by atoms with Crippen LogP contribution in [0.4, 0.5) is 13.2 Å². The molecule has 1 aromatic carbocycles. The molecule has 0 bridgehead atoms. The van der Waals surface area contributed by atoms with Crippen LogP contribution in [0.25, 0.3) is 0 Å². The molecule has 7 heteroatoms. The molecule has 0 aromatic heterocycles. The minimum Gasteiger partial charge on any atom is -0.423 e. The van der Waals surface area contributed by atoms with Gasteiger partial charge in [0.25, 0.3) is 0 Å². The molecule has 19 heavy (non-hydrogen) atoms. The van der Waals surface area contributed by atoms with E-state index in [9.17, 15) is 22.8 Å². The molecule has 1 aromatic rings. The lowest BCUT2D eigenvalue weighted by atomic mass is 10.3. The Kier molecular flexibility index (Phi) is 5.11. The average molecular weight is 274 g/mol. The van der Waals surface area contributed by atoms with Gasteiger partial charge >= 0.3 is 18.0 Å². The quantitative estimate of drug-likeness (QED) is 0.469. The van der Waals surface area contributed by atoms with Crippen LogP contribution in [-0.2, 0) is 14.3 Å². The predicted octanol–water partition coefficient (Wildman–Crippen LogP) is 2.25. The van der Waals surface area contributed by atoms with Crippen molar-refractivity contribution in [2.75, 3.05) is 6.67 Å². The van der Waals surface area contributed by atoms with Crippen LogP contribution < -0.4 is 4.74 Å². The van der Waals surface area contributed by atoms with Gasteiger partial charge in [-0.3, -0.25) is 0 Å². The summed E-state index contributed by atoms with van der Waals surface area (Å²) in [6.45, 7) is -2.14. The summed E-state index contributed by atoms with van der Waals surface area (Å²) in [6, 6.07) is 7.90. The Hall–Kier alpha value is -2.31. The summed E-state index contributed by atoms with van der Waals surface area (Å²) < 4.78 is 44.5. The molecule has 102 valence electrons. The first-order valence-corrected chi connectivity index (χ1v) is 5.04. The fourth-order valence-electron chi connectivity index (χ4n) is 0.983. The van der Waals surface area contributed by atoms with E-state index in [1.54, 1.807) is 18.2 Å². The first kappa shape index (κ1) is 14.7. The highest BCUT2D eigenvalue weighted by molar-refractivity contribution is 5.92. The molecule has 0 spiro atoms. The van der Waals surface area contributed by atoms with Gasteiger partial charge < -0.3 is 9.47 Å². The minimum atomic E-state index is -4.20. The molecule has 0 aliphatic rings. The number of rotatable bonds is 5. The topological polar surface area (TPSA) is 52.6 Å². The van der Waals surface area contributed by atoms with Crippen molar-refractivity contribution in [3.63, 3.8) is 0 Å². The number of carbonyl (C=O) groups is 2. The molecule has 0 aliphatic carbocycles. The van der Waals surface area contributed by atoms with E-state index in [2.05, 4.69) is 4.74 Å². The zero-order valence-electron chi connectivity index (χ0n) is 9.52. The molecule has 0 saturated carbocycles. The Morgan fingerprint density at radius 2 is 1.68 bits per heavy atom. The van der Waals surface area contributed by atoms with Crippen molar-refractivity contribution in [1.29, 1.82) is 0 Å². The molecule has 0 amide bonds. The van der Waals surface area contributed by atoms with Crippen LogP contribution in [0.5, 0.6) is 5.75 Å². The number of esters is 2. The SMILES string of the molecule is O=C(/C=C/C(=O)OC(F)(F)CF)Oc1ccccc1. The maximum Gasteiger partial charge on any atom is 0.429 e. The monoisotopic (exact) mass is 274 g/mol. The summed E-state index contributed by atoms with van der Waals surface area (Å²) in [6.07, 6.45) is -3.18. The Balaban J connectivity index is 2.48. The molecule has 0 fully saturated rings. The van der Waals surface area contributed by atoms with Crippen molar-refractivity contribution < 1.29 is 32.2 Å². The maximum atomic E-state index is 12.3. The van der Waals surface area contributed by atoms with E-state index in [-0.39, 0.29) is 5.75 Å². The number of halogens is 3. The van der Waals surface area contributed by atoms with Gasteiger partial charge in [0.05, 0.1) is 0 Å². The van der Waals surface area contributed by atoms with Gasteiger partial charge in [0.2, 0.25) is 0 Å². The lowest BCUT2D eigenvalue weighted by molar-refractivity contribution is -0.234. The van der Waals surface area contributed by atoms with Crippen LogP contribution in [0.3, 0.4) is 0 Å². The van der Waals surface area contributed by atoms with Crippen molar-refractivity contribution in [3.8, 4) is 5.75 Å². The smallest absolute Gasteiger partial charge is 0.423 e. The second kappa shape index (κ2) is 6.58. The van der Waals surface area contributed by atoms with Gasteiger partial charge in [-0.05, 0) is 12.1 Å². The molecule has 1 rings (SSSR count). The Morgan fingerprint density at radius 1 is 1.11 bits per heavy atom. The fourth-order valence-corrected chi connectivity index (χ4v) is 0.983. The number of alkyl halides is 3. The highest BCUT2D eigenvalue weighted by Gasteiger charge is 2.33. The van der Waals surface area contributed by atoms with E-state index in [4.69, 9.17) is 4.74 Å². The normalized spacial score (nSPS) is 11.3. The standard InChI is InChI=1S/C12H9F3O4/c13-8-12(14,15)19-11(17)7-6-10(16)18-9-4-2-1-3-5-9/h1-7H,8H2/b7-6+. The van der Waals surface area contributed by atoms with Crippen LogP contribution in [0.2, 0.25) is 0 Å². The van der Waals surface area contributed by atoms with Crippen molar-refractivity contribution in [3.05, 3.63) is 42.5 Å². The summed E-state index contributed by atoms with van der Waals surface area (Å²) in [5.41, 5.74) is 0. The zero-order valence-corrected chi connectivity index (χ0v) is 9.52. The largest absolute Gasteiger partial charge is 0.429 e. The minimum absolute atomic E-state index is 0.222. The van der Waals surface area contributed by atoms with Crippen molar-refractivity contribution in [2.45, 2.75) is 6.11 Å². The average Bonchev–Trinajstić information content (AvgIpc) is 2.37. The maximum absolute atomic E-state index is 12.3. The summed E-state index contributed by atoms with van der Waals surface area (Å²) >= 11 is 0. The molecule has 0 radical (unpaired) electrons. The van der Waals surface area contributed by atoms with Gasteiger partial charge in [-0.25, -0.2) is 14.0 Å². The summed E-state index contributed by atoms with van der Waals surface area (Å²) in [7, 11) is 0. The second-order valence-electron chi connectivity index (χ2n) is 3.26. The number of ether oxygens (including phenoxy) is 2. The van der Waals surface area contributed by atoms with E-state index in [0.29, 0.717) is 12.2 Å². The van der Waals surface area contributed by atoms with Crippen molar-refractivity contribution in [1.82, 2.24) is 0 Å². The second-order valence-corrected chi connectivity index (χ2v) is 3.26. The third-order valence-corrected chi connectivity index (χ3v) is 1.72. The molecular weight excluding hydrogens is 265 g/mol. The van der Waals surface area contributed by atoms with Crippen LogP contribution in [0, 0.1) is 0 Å². The van der Waals surface area contributed by atoms with Gasteiger partial charge in [-0.2, -0.15) is 8.78 Å². The molecule has 4 nitrogen and oxygen atoms in total. The fraction of sp³-hybridized carbons (Fsp3) is 0.167. The number of hydrogen-bond donors (Lipinski definition) is 0. The van der Waals surface area contributed by atoms with Crippen LogP contribution >= 0.6 is 0 Å². The van der Waals surface area contributed by atoms with Gasteiger partial charge in [0.1, 0.15) is 5.75 Å². The van der Waals surface area contributed by atoms with Gasteiger partial charge in [-0.1, -0.05) is 18.2 Å². The Morgan fingerprint density at radius 3 is 2.26 bits per heavy atom. The van der Waals surface area contributed by atoms with Gasteiger partial charge in [0.15, 0.2) is 6.67 Å². The van der Waals surface area contributed by atoms with E-state index < -0.39 is 24.7 Å². The number of benzene rings is 1. The molecule has 0 atom stereocenters. The third kappa shape index (κ3) is 5.71. The van der Waals surface area contributed by atoms with E-state index in [1.807, 2.05) is 0 Å². The summed E-state index contributed by atoms with van der Waals surface area (Å²) in [5.74, 6) is -2.28. The molecule has 0 N–H and O–H groups in total. The first-order valence-electron chi connectivity index (χ1n) is 5.04. The lowest BCUT2D eigenvalue weighted by Gasteiger charge is -2.10. The number of hydrogen-bond acceptors (Lipinski definition) is 4. The van der Waals surface area contributed by atoms with Gasteiger partial charge in [-0.15, -0.1) is 0 Å². The molecule has 0 unspecified atom stereocenters. The van der Waals surface area contributed by atoms with Gasteiger partial charge in [0, 0.05) is 12.2 Å². The van der Waals surface area contributed by atoms with Crippen LogP contribution in [0.1, 0.15) is 0 Å². The van der Waals surface area contributed by atoms with E-state index >= 15 is 0 Å². The summed E-state index contributed by atoms with van der Waals surface area (Å²) in [5, 5.41) is 0. The molecule has 0 aliphatic heterocycles. The van der Waals surface area contributed by atoms with E-state index in [0.717, 1.165) is 0 Å². The number of carbonyl (C=O) groups excluding carboxylic acids is 2. The van der Waals surface area contributed by atoms with Crippen LogP contribution in [0.15, 0.2) is 42.5 Å².